The van der Waals surface area contributed by atoms with Crippen molar-refractivity contribution in [3.05, 3.63) is 35.1 Å². The van der Waals surface area contributed by atoms with E-state index in [1.807, 2.05) is 0 Å². The van der Waals surface area contributed by atoms with Crippen LogP contribution in [-0.4, -0.2) is 39.6 Å². The summed E-state index contributed by atoms with van der Waals surface area (Å²) in [6, 6.07) is 0. The van der Waals surface area contributed by atoms with E-state index in [4.69, 9.17) is 0 Å². The molecule has 0 radical (unpaired) electrons. The minimum Gasteiger partial charge on any atom is -0.504 e. The molecule has 3 N–H and O–H groups in total. The molecule has 5 nitrogen and oxygen atoms in total. The summed E-state index contributed by atoms with van der Waals surface area (Å²) < 4.78 is 0. The molecule has 1 unspecified atom stereocenters. The second-order valence-electron chi connectivity index (χ2n) is 9.24. The van der Waals surface area contributed by atoms with Crippen molar-refractivity contribution in [2.75, 3.05) is 6.61 Å². The molecule has 0 aromatic rings. The molecule has 5 heteroatoms. The average molecular weight is 374 g/mol. The number of aliphatic hydroxyl groups is 3. The Hall–Kier alpha value is -1.72. The number of hydrogen-bond donors (Lipinski definition) is 3. The Morgan fingerprint density at radius 1 is 1.22 bits per heavy atom. The van der Waals surface area contributed by atoms with Crippen molar-refractivity contribution in [3.63, 3.8) is 0 Å². The fraction of sp³-hybridized carbons (Fsp3) is 0.636. The van der Waals surface area contributed by atoms with Crippen molar-refractivity contribution in [1.82, 2.24) is 0 Å². The standard InChI is InChI=1S/C22H30O5/c1-12-5-6-17-21(2,3)18(25)7-8-22(17,4)15(12)10-14-16(24)9-13(11-23)19(26)20(14)27/h9,15,17-18,23,25,27H,1,5-8,10-11H2,2-4H3/t15-,17?,18-,22+/m0/s1. The average Bonchev–Trinajstić information content (AvgIpc) is 2.60. The van der Waals surface area contributed by atoms with E-state index in [0.717, 1.165) is 30.9 Å². The van der Waals surface area contributed by atoms with E-state index in [9.17, 15) is 24.9 Å². The van der Waals surface area contributed by atoms with Gasteiger partial charge in [-0.2, -0.15) is 0 Å². The Kier molecular flexibility index (Phi) is 4.98. The van der Waals surface area contributed by atoms with Crippen molar-refractivity contribution in [1.29, 1.82) is 0 Å². The second kappa shape index (κ2) is 6.71. The summed E-state index contributed by atoms with van der Waals surface area (Å²) in [5.74, 6) is -1.40. The second-order valence-corrected chi connectivity index (χ2v) is 9.24. The first-order valence-corrected chi connectivity index (χ1v) is 9.72. The Labute approximate surface area is 160 Å². The quantitative estimate of drug-likeness (QED) is 0.521. The fourth-order valence-corrected chi connectivity index (χ4v) is 5.78. The fourth-order valence-electron chi connectivity index (χ4n) is 5.78. The highest BCUT2D eigenvalue weighted by atomic mass is 16.3. The zero-order valence-corrected chi connectivity index (χ0v) is 16.4. The van der Waals surface area contributed by atoms with E-state index in [1.54, 1.807) is 0 Å². The van der Waals surface area contributed by atoms with Crippen LogP contribution in [-0.2, 0) is 9.59 Å². The summed E-state index contributed by atoms with van der Waals surface area (Å²) in [6.07, 6.45) is 4.32. The molecule has 148 valence electrons. The molecule has 0 aromatic carbocycles. The van der Waals surface area contributed by atoms with E-state index < -0.39 is 23.9 Å². The Morgan fingerprint density at radius 2 is 1.89 bits per heavy atom. The molecule has 27 heavy (non-hydrogen) atoms. The predicted octanol–water partition coefficient (Wildman–Crippen LogP) is 3.03. The molecule has 0 aromatic heterocycles. The molecule has 3 aliphatic carbocycles. The summed E-state index contributed by atoms with van der Waals surface area (Å²) in [4.78, 5) is 24.7. The molecule has 3 rings (SSSR count). The summed E-state index contributed by atoms with van der Waals surface area (Å²) >= 11 is 0. The van der Waals surface area contributed by atoms with Crippen LogP contribution in [0.1, 0.15) is 52.9 Å². The van der Waals surface area contributed by atoms with Gasteiger partial charge in [0.05, 0.1) is 12.7 Å². The molecule has 0 bridgehead atoms. The van der Waals surface area contributed by atoms with E-state index >= 15 is 0 Å². The lowest BCUT2D eigenvalue weighted by atomic mass is 9.46. The molecule has 2 saturated carbocycles. The largest absolute Gasteiger partial charge is 0.504 e. The molecule has 0 aliphatic heterocycles. The van der Waals surface area contributed by atoms with Crippen LogP contribution in [0.4, 0.5) is 0 Å². The third-order valence-corrected chi connectivity index (χ3v) is 7.53. The molecular weight excluding hydrogens is 344 g/mol. The van der Waals surface area contributed by atoms with Crippen LogP contribution in [0.2, 0.25) is 0 Å². The number of carbonyl (C=O) groups is 2. The van der Waals surface area contributed by atoms with Gasteiger partial charge in [0.15, 0.2) is 11.5 Å². The zero-order chi connectivity index (χ0) is 20.1. The normalized spacial score (nSPS) is 36.6. The van der Waals surface area contributed by atoms with Gasteiger partial charge in [0, 0.05) is 11.1 Å². The number of allylic oxidation sites excluding steroid dienone is 4. The Morgan fingerprint density at radius 3 is 2.52 bits per heavy atom. The predicted molar refractivity (Wildman–Crippen MR) is 102 cm³/mol. The van der Waals surface area contributed by atoms with Crippen LogP contribution in [0.5, 0.6) is 0 Å². The van der Waals surface area contributed by atoms with Gasteiger partial charge in [0.25, 0.3) is 0 Å². The zero-order valence-electron chi connectivity index (χ0n) is 16.4. The number of ketones is 2. The first kappa shape index (κ1) is 20.0. The first-order valence-electron chi connectivity index (χ1n) is 9.72. The maximum Gasteiger partial charge on any atom is 0.226 e. The van der Waals surface area contributed by atoms with Crippen LogP contribution in [0, 0.1) is 22.7 Å². The minimum atomic E-state index is -0.672. The van der Waals surface area contributed by atoms with Crippen molar-refractivity contribution >= 4 is 11.6 Å². The lowest BCUT2D eigenvalue weighted by Gasteiger charge is -2.59. The van der Waals surface area contributed by atoms with Gasteiger partial charge in [-0.3, -0.25) is 9.59 Å². The van der Waals surface area contributed by atoms with E-state index in [0.29, 0.717) is 6.42 Å². The highest BCUT2D eigenvalue weighted by Gasteiger charge is 2.56. The van der Waals surface area contributed by atoms with Gasteiger partial charge < -0.3 is 15.3 Å². The van der Waals surface area contributed by atoms with Crippen LogP contribution < -0.4 is 0 Å². The van der Waals surface area contributed by atoms with Crippen molar-refractivity contribution in [3.8, 4) is 0 Å². The van der Waals surface area contributed by atoms with Crippen molar-refractivity contribution in [2.45, 2.75) is 59.0 Å². The maximum absolute atomic E-state index is 12.5. The minimum absolute atomic E-state index is 0.0407. The van der Waals surface area contributed by atoms with Gasteiger partial charge >= 0.3 is 0 Å². The molecule has 4 atom stereocenters. The lowest BCUT2D eigenvalue weighted by Crippen LogP contribution is -2.54. The molecular formula is C22H30O5. The van der Waals surface area contributed by atoms with E-state index in [1.165, 1.54) is 0 Å². The monoisotopic (exact) mass is 374 g/mol. The van der Waals surface area contributed by atoms with Gasteiger partial charge in [0.2, 0.25) is 5.78 Å². The SMILES string of the molecule is C=C1CCC2C(C)(C)[C@@H](O)CC[C@]2(C)[C@H]1CC1=C(O)C(=O)C(CO)=CC1=O. The van der Waals surface area contributed by atoms with Crippen LogP contribution in [0.3, 0.4) is 0 Å². The summed E-state index contributed by atoms with van der Waals surface area (Å²) in [7, 11) is 0. The third kappa shape index (κ3) is 3.01. The van der Waals surface area contributed by atoms with E-state index in [2.05, 4.69) is 27.4 Å². The highest BCUT2D eigenvalue weighted by molar-refractivity contribution is 6.21. The van der Waals surface area contributed by atoms with Crippen molar-refractivity contribution < 1.29 is 24.9 Å². The molecule has 0 spiro atoms. The maximum atomic E-state index is 12.5. The van der Waals surface area contributed by atoms with Gasteiger partial charge in [-0.15, -0.1) is 0 Å². The highest BCUT2D eigenvalue weighted by Crippen LogP contribution is 2.62. The first-order chi connectivity index (χ1) is 12.5. The van der Waals surface area contributed by atoms with Crippen LogP contribution in [0.25, 0.3) is 0 Å². The Bertz CT molecular complexity index is 757. The van der Waals surface area contributed by atoms with Crippen molar-refractivity contribution in [2.24, 2.45) is 22.7 Å². The summed E-state index contributed by atoms with van der Waals surface area (Å²) in [5, 5.41) is 30.1. The Balaban J connectivity index is 1.96. The summed E-state index contributed by atoms with van der Waals surface area (Å²) in [6.45, 7) is 10.1. The van der Waals surface area contributed by atoms with Gasteiger partial charge in [-0.1, -0.05) is 32.9 Å². The number of rotatable bonds is 3. The molecule has 3 aliphatic rings. The summed E-state index contributed by atoms with van der Waals surface area (Å²) in [5.41, 5.74) is 0.691. The number of Topliss-reactive ketones (excluding diaryl/α,β-unsaturated/α-hetero) is 1. The van der Waals surface area contributed by atoms with Gasteiger partial charge in [-0.25, -0.2) is 0 Å². The number of aliphatic hydroxyl groups excluding tert-OH is 3. The molecule has 2 fully saturated rings. The topological polar surface area (TPSA) is 94.8 Å². The van der Waals surface area contributed by atoms with Gasteiger partial charge in [-0.05, 0) is 60.8 Å². The third-order valence-electron chi connectivity index (χ3n) is 7.53. The number of hydrogen-bond acceptors (Lipinski definition) is 5. The van der Waals surface area contributed by atoms with Gasteiger partial charge in [0.1, 0.15) is 0 Å². The molecule has 0 amide bonds. The number of carbonyl (C=O) groups excluding carboxylic acids is 2. The molecule has 0 heterocycles. The smallest absolute Gasteiger partial charge is 0.226 e. The van der Waals surface area contributed by atoms with E-state index in [-0.39, 0.29) is 46.3 Å². The molecule has 0 saturated heterocycles. The van der Waals surface area contributed by atoms with Crippen LogP contribution in [0.15, 0.2) is 35.1 Å². The lowest BCUT2D eigenvalue weighted by molar-refractivity contribution is -0.125. The van der Waals surface area contributed by atoms with Crippen LogP contribution >= 0.6 is 0 Å². The number of fused-ring (bicyclic) bond motifs is 1.